The van der Waals surface area contributed by atoms with Crippen molar-refractivity contribution in [2.24, 2.45) is 0 Å². The zero-order chi connectivity index (χ0) is 15.6. The standard InChI is InChI=1S/C14H10Cl2N2O3/c1-8-10(15)3-2-4-12(8)17-14(19)9-5-6-11(16)13(7-9)18(20)21/h2-7H,1H3,(H,17,19). The van der Waals surface area contributed by atoms with Crippen LogP contribution < -0.4 is 5.32 Å². The lowest BCUT2D eigenvalue weighted by Gasteiger charge is -2.09. The molecule has 0 aliphatic carbocycles. The summed E-state index contributed by atoms with van der Waals surface area (Å²) in [5.74, 6) is -0.472. The van der Waals surface area contributed by atoms with Gasteiger partial charge in [-0.05, 0) is 36.8 Å². The summed E-state index contributed by atoms with van der Waals surface area (Å²) in [5.41, 5.74) is 1.10. The van der Waals surface area contributed by atoms with Gasteiger partial charge in [0.2, 0.25) is 0 Å². The maximum atomic E-state index is 12.1. The highest BCUT2D eigenvalue weighted by atomic mass is 35.5. The van der Waals surface area contributed by atoms with Crippen LogP contribution in [0.3, 0.4) is 0 Å². The van der Waals surface area contributed by atoms with Gasteiger partial charge in [-0.3, -0.25) is 14.9 Å². The molecule has 108 valence electrons. The Labute approximate surface area is 130 Å². The van der Waals surface area contributed by atoms with Crippen molar-refractivity contribution in [3.63, 3.8) is 0 Å². The summed E-state index contributed by atoms with van der Waals surface area (Å²) in [6, 6.07) is 8.99. The van der Waals surface area contributed by atoms with Crippen molar-refractivity contribution in [2.75, 3.05) is 5.32 Å². The Morgan fingerprint density at radius 3 is 2.57 bits per heavy atom. The second-order valence-electron chi connectivity index (χ2n) is 4.29. The van der Waals surface area contributed by atoms with Gasteiger partial charge in [0, 0.05) is 22.3 Å². The Hall–Kier alpha value is -2.11. The van der Waals surface area contributed by atoms with Gasteiger partial charge in [-0.1, -0.05) is 29.3 Å². The normalized spacial score (nSPS) is 10.2. The molecule has 0 heterocycles. The molecule has 0 unspecified atom stereocenters. The number of amides is 1. The highest BCUT2D eigenvalue weighted by molar-refractivity contribution is 6.33. The van der Waals surface area contributed by atoms with E-state index in [1.807, 2.05) is 0 Å². The van der Waals surface area contributed by atoms with E-state index in [4.69, 9.17) is 23.2 Å². The maximum absolute atomic E-state index is 12.1. The van der Waals surface area contributed by atoms with Crippen LogP contribution in [0.1, 0.15) is 15.9 Å². The molecule has 2 aromatic carbocycles. The average molecular weight is 325 g/mol. The molecule has 21 heavy (non-hydrogen) atoms. The molecule has 2 rings (SSSR count). The molecule has 2 aromatic rings. The lowest BCUT2D eigenvalue weighted by molar-refractivity contribution is -0.384. The summed E-state index contributed by atoms with van der Waals surface area (Å²) in [7, 11) is 0. The maximum Gasteiger partial charge on any atom is 0.288 e. The van der Waals surface area contributed by atoms with Crippen molar-refractivity contribution in [1.29, 1.82) is 0 Å². The third-order valence-corrected chi connectivity index (χ3v) is 3.65. The average Bonchev–Trinajstić information content (AvgIpc) is 2.44. The van der Waals surface area contributed by atoms with E-state index >= 15 is 0 Å². The number of anilines is 1. The molecule has 0 aliphatic heterocycles. The number of hydrogen-bond donors (Lipinski definition) is 1. The molecule has 5 nitrogen and oxygen atoms in total. The number of nitrogens with one attached hydrogen (secondary N) is 1. The fourth-order valence-corrected chi connectivity index (χ4v) is 2.09. The number of nitro groups is 1. The second kappa shape index (κ2) is 6.11. The SMILES string of the molecule is Cc1c(Cl)cccc1NC(=O)c1ccc(Cl)c([N+](=O)[O-])c1. The zero-order valence-corrected chi connectivity index (χ0v) is 12.4. The number of halogens is 2. The minimum absolute atomic E-state index is 0.0181. The van der Waals surface area contributed by atoms with Gasteiger partial charge in [-0.25, -0.2) is 0 Å². The molecule has 1 amide bonds. The van der Waals surface area contributed by atoms with Crippen molar-refractivity contribution in [3.8, 4) is 0 Å². The predicted molar refractivity (Wildman–Crippen MR) is 82.2 cm³/mol. The number of carbonyl (C=O) groups excluding carboxylic acids is 1. The molecule has 0 bridgehead atoms. The van der Waals surface area contributed by atoms with E-state index in [0.717, 1.165) is 11.6 Å². The van der Waals surface area contributed by atoms with Crippen LogP contribution in [0.25, 0.3) is 0 Å². The lowest BCUT2D eigenvalue weighted by Crippen LogP contribution is -2.13. The number of rotatable bonds is 3. The van der Waals surface area contributed by atoms with Gasteiger partial charge < -0.3 is 5.32 Å². The quantitative estimate of drug-likeness (QED) is 0.669. The molecule has 0 aliphatic rings. The minimum atomic E-state index is -0.635. The first kappa shape index (κ1) is 15.3. The van der Waals surface area contributed by atoms with Crippen LogP contribution in [0.5, 0.6) is 0 Å². The van der Waals surface area contributed by atoms with E-state index in [1.165, 1.54) is 12.1 Å². The van der Waals surface area contributed by atoms with E-state index < -0.39 is 10.8 Å². The summed E-state index contributed by atoms with van der Waals surface area (Å²) >= 11 is 11.7. The third-order valence-electron chi connectivity index (χ3n) is 2.92. The fraction of sp³-hybridized carbons (Fsp3) is 0.0714. The first-order valence-electron chi connectivity index (χ1n) is 5.90. The number of benzene rings is 2. The molecule has 0 aromatic heterocycles. The third kappa shape index (κ3) is 3.32. The second-order valence-corrected chi connectivity index (χ2v) is 5.10. The predicted octanol–water partition coefficient (Wildman–Crippen LogP) is 4.46. The first-order chi connectivity index (χ1) is 9.90. The highest BCUT2D eigenvalue weighted by Crippen LogP contribution is 2.27. The molecule has 0 radical (unpaired) electrons. The molecule has 0 atom stereocenters. The monoisotopic (exact) mass is 324 g/mol. The topological polar surface area (TPSA) is 72.2 Å². The van der Waals surface area contributed by atoms with Crippen LogP contribution in [0, 0.1) is 17.0 Å². The van der Waals surface area contributed by atoms with E-state index in [9.17, 15) is 14.9 Å². The van der Waals surface area contributed by atoms with Crippen molar-refractivity contribution in [1.82, 2.24) is 0 Å². The van der Waals surface area contributed by atoms with Gasteiger partial charge in [0.25, 0.3) is 11.6 Å². The largest absolute Gasteiger partial charge is 0.322 e. The van der Waals surface area contributed by atoms with Gasteiger partial charge in [0.05, 0.1) is 4.92 Å². The van der Waals surface area contributed by atoms with Crippen molar-refractivity contribution in [3.05, 3.63) is 67.7 Å². The Balaban J connectivity index is 2.31. The number of hydrogen-bond acceptors (Lipinski definition) is 3. The van der Waals surface area contributed by atoms with Gasteiger partial charge in [-0.15, -0.1) is 0 Å². The van der Waals surface area contributed by atoms with E-state index in [2.05, 4.69) is 5.32 Å². The Morgan fingerprint density at radius 2 is 1.90 bits per heavy atom. The van der Waals surface area contributed by atoms with Crippen LogP contribution >= 0.6 is 23.2 Å². The van der Waals surface area contributed by atoms with Crippen LogP contribution in [-0.2, 0) is 0 Å². The molecular weight excluding hydrogens is 315 g/mol. The van der Waals surface area contributed by atoms with Crippen molar-refractivity contribution >= 4 is 40.5 Å². The highest BCUT2D eigenvalue weighted by Gasteiger charge is 2.17. The molecule has 1 N–H and O–H groups in total. The summed E-state index contributed by atoms with van der Waals surface area (Å²) in [5, 5.41) is 14.0. The number of nitrogens with zero attached hydrogens (tertiary/aromatic N) is 1. The summed E-state index contributed by atoms with van der Waals surface area (Å²) in [6.45, 7) is 1.77. The smallest absolute Gasteiger partial charge is 0.288 e. The summed E-state index contributed by atoms with van der Waals surface area (Å²) in [4.78, 5) is 22.3. The van der Waals surface area contributed by atoms with E-state index in [-0.39, 0.29) is 16.3 Å². The Kier molecular flexibility index (Phi) is 4.45. The van der Waals surface area contributed by atoms with Gasteiger partial charge in [0.1, 0.15) is 5.02 Å². The van der Waals surface area contributed by atoms with Crippen molar-refractivity contribution in [2.45, 2.75) is 6.92 Å². The molecule has 0 saturated carbocycles. The minimum Gasteiger partial charge on any atom is -0.322 e. The van der Waals surface area contributed by atoms with E-state index in [0.29, 0.717) is 10.7 Å². The molecular formula is C14H10Cl2N2O3. The Morgan fingerprint density at radius 1 is 1.19 bits per heavy atom. The molecule has 0 spiro atoms. The van der Waals surface area contributed by atoms with Crippen LogP contribution in [0.2, 0.25) is 10.0 Å². The molecule has 0 fully saturated rings. The fourth-order valence-electron chi connectivity index (χ4n) is 1.73. The summed E-state index contributed by atoms with van der Waals surface area (Å²) < 4.78 is 0. The van der Waals surface area contributed by atoms with Gasteiger partial charge in [0.15, 0.2) is 0 Å². The van der Waals surface area contributed by atoms with Crippen LogP contribution in [0.4, 0.5) is 11.4 Å². The van der Waals surface area contributed by atoms with Gasteiger partial charge >= 0.3 is 0 Å². The van der Waals surface area contributed by atoms with Gasteiger partial charge in [-0.2, -0.15) is 0 Å². The Bertz CT molecular complexity index is 732. The zero-order valence-electron chi connectivity index (χ0n) is 10.9. The first-order valence-corrected chi connectivity index (χ1v) is 6.66. The van der Waals surface area contributed by atoms with Crippen LogP contribution in [-0.4, -0.2) is 10.8 Å². The van der Waals surface area contributed by atoms with Crippen molar-refractivity contribution < 1.29 is 9.72 Å². The lowest BCUT2D eigenvalue weighted by atomic mass is 10.1. The molecule has 7 heteroatoms. The molecule has 0 saturated heterocycles. The number of nitro benzene ring substituents is 1. The van der Waals surface area contributed by atoms with E-state index in [1.54, 1.807) is 25.1 Å². The van der Waals surface area contributed by atoms with Crippen LogP contribution in [0.15, 0.2) is 36.4 Å². The summed E-state index contributed by atoms with van der Waals surface area (Å²) in [6.07, 6.45) is 0. The number of carbonyl (C=O) groups is 1.